The van der Waals surface area contributed by atoms with Crippen LogP contribution in [0.5, 0.6) is 0 Å². The summed E-state index contributed by atoms with van der Waals surface area (Å²) >= 11 is 5.86. The molecule has 0 fully saturated rings. The van der Waals surface area contributed by atoms with Gasteiger partial charge in [0.1, 0.15) is 5.65 Å². The molecule has 0 spiro atoms. The van der Waals surface area contributed by atoms with Gasteiger partial charge in [-0.3, -0.25) is 9.20 Å². The van der Waals surface area contributed by atoms with Crippen LogP contribution in [0.2, 0.25) is 0 Å². The van der Waals surface area contributed by atoms with Gasteiger partial charge in [-0.2, -0.15) is 0 Å². The second-order valence-electron chi connectivity index (χ2n) is 3.50. The van der Waals surface area contributed by atoms with Crippen molar-refractivity contribution in [2.24, 2.45) is 0 Å². The van der Waals surface area contributed by atoms with E-state index in [0.29, 0.717) is 17.6 Å². The van der Waals surface area contributed by atoms with Crippen molar-refractivity contribution in [3.8, 4) is 0 Å². The van der Waals surface area contributed by atoms with Gasteiger partial charge in [-0.05, 0) is 25.5 Å². The lowest BCUT2D eigenvalue weighted by Gasteiger charge is -2.04. The Kier molecular flexibility index (Phi) is 2.73. The van der Waals surface area contributed by atoms with Crippen molar-refractivity contribution in [1.82, 2.24) is 9.38 Å². The molecule has 1 atom stereocenters. The molecule has 0 amide bonds. The van der Waals surface area contributed by atoms with E-state index in [-0.39, 0.29) is 10.9 Å². The topological polar surface area (TPSA) is 34.4 Å². The zero-order valence-corrected chi connectivity index (χ0v) is 9.11. The first-order chi connectivity index (χ1) is 7.18. The summed E-state index contributed by atoms with van der Waals surface area (Å²) in [6.07, 6.45) is 3.87. The molecule has 15 heavy (non-hydrogen) atoms. The molecule has 0 aliphatic rings. The van der Waals surface area contributed by atoms with Gasteiger partial charge < -0.3 is 0 Å². The maximum Gasteiger partial charge on any atom is 0.261 e. The molecule has 0 aliphatic heterocycles. The summed E-state index contributed by atoms with van der Waals surface area (Å²) in [5, 5.41) is -0.0544. The Hall–Kier alpha value is -1.35. The lowest BCUT2D eigenvalue weighted by Crippen LogP contribution is -2.20. The summed E-state index contributed by atoms with van der Waals surface area (Å²) < 4.78 is 1.54. The van der Waals surface area contributed by atoms with Gasteiger partial charge in [0.25, 0.3) is 5.56 Å². The quantitative estimate of drug-likeness (QED) is 0.727. The van der Waals surface area contributed by atoms with Crippen molar-refractivity contribution in [3.05, 3.63) is 46.5 Å². The Morgan fingerprint density at radius 1 is 1.53 bits per heavy atom. The maximum absolute atomic E-state index is 11.9. The van der Waals surface area contributed by atoms with Crippen LogP contribution < -0.4 is 5.56 Å². The highest BCUT2D eigenvalue weighted by Crippen LogP contribution is 2.03. The van der Waals surface area contributed by atoms with Crippen molar-refractivity contribution < 1.29 is 0 Å². The Morgan fingerprint density at radius 3 is 3.07 bits per heavy atom. The number of nitrogens with zero attached hydrogens (tertiary/aromatic N) is 2. The SMILES string of the molecule is C[C@@H](Cl)Cc1cnc2ccccn2c1=O. The Morgan fingerprint density at radius 2 is 2.33 bits per heavy atom. The monoisotopic (exact) mass is 222 g/mol. The van der Waals surface area contributed by atoms with Gasteiger partial charge in [-0.25, -0.2) is 4.98 Å². The van der Waals surface area contributed by atoms with E-state index in [1.807, 2.05) is 19.1 Å². The second kappa shape index (κ2) is 4.03. The smallest absolute Gasteiger partial charge is 0.261 e. The van der Waals surface area contributed by atoms with Crippen LogP contribution in [-0.2, 0) is 6.42 Å². The fourth-order valence-corrected chi connectivity index (χ4v) is 1.67. The van der Waals surface area contributed by atoms with Crippen molar-refractivity contribution in [3.63, 3.8) is 0 Å². The summed E-state index contributed by atoms with van der Waals surface area (Å²) in [6.45, 7) is 1.86. The van der Waals surface area contributed by atoms with E-state index in [9.17, 15) is 4.79 Å². The molecule has 2 aromatic heterocycles. The third kappa shape index (κ3) is 2.02. The van der Waals surface area contributed by atoms with E-state index in [1.165, 1.54) is 4.40 Å². The molecule has 3 nitrogen and oxygen atoms in total. The maximum atomic E-state index is 11.9. The van der Waals surface area contributed by atoms with Crippen molar-refractivity contribution in [2.75, 3.05) is 0 Å². The zero-order chi connectivity index (χ0) is 10.8. The summed E-state index contributed by atoms with van der Waals surface area (Å²) in [5.41, 5.74) is 1.28. The standard InChI is InChI=1S/C11H11ClN2O/c1-8(12)6-9-7-13-10-4-2-3-5-14(10)11(9)15/h2-5,7-8H,6H2,1H3/t8-/m1/s1. The highest BCUT2D eigenvalue weighted by molar-refractivity contribution is 6.20. The van der Waals surface area contributed by atoms with Crippen LogP contribution >= 0.6 is 11.6 Å². The number of rotatable bonds is 2. The van der Waals surface area contributed by atoms with Crippen LogP contribution in [0, 0.1) is 0 Å². The van der Waals surface area contributed by atoms with Crippen molar-refractivity contribution in [1.29, 1.82) is 0 Å². The Bertz CT molecular complexity index is 533. The minimum Gasteiger partial charge on any atom is -0.269 e. The van der Waals surface area contributed by atoms with E-state index in [0.717, 1.165) is 0 Å². The molecule has 0 unspecified atom stereocenters. The molecule has 0 N–H and O–H groups in total. The summed E-state index contributed by atoms with van der Waals surface area (Å²) in [7, 11) is 0. The largest absolute Gasteiger partial charge is 0.269 e. The second-order valence-corrected chi connectivity index (χ2v) is 4.25. The molecule has 0 radical (unpaired) electrons. The number of alkyl halides is 1. The lowest BCUT2D eigenvalue weighted by molar-refractivity contribution is 0.881. The first-order valence-corrected chi connectivity index (χ1v) is 5.21. The van der Waals surface area contributed by atoms with Crippen LogP contribution in [0.4, 0.5) is 0 Å². The summed E-state index contributed by atoms with van der Waals surface area (Å²) in [6, 6.07) is 5.46. The van der Waals surface area contributed by atoms with E-state index in [2.05, 4.69) is 4.98 Å². The molecule has 0 saturated heterocycles. The minimum absolute atomic E-state index is 0.0342. The number of halogens is 1. The Balaban J connectivity index is 2.60. The zero-order valence-electron chi connectivity index (χ0n) is 8.35. The molecule has 2 rings (SSSR count). The number of hydrogen-bond acceptors (Lipinski definition) is 2. The van der Waals surface area contributed by atoms with Gasteiger partial charge in [0.15, 0.2) is 0 Å². The molecule has 0 aromatic carbocycles. The van der Waals surface area contributed by atoms with Crippen LogP contribution in [0.3, 0.4) is 0 Å². The summed E-state index contributed by atoms with van der Waals surface area (Å²) in [4.78, 5) is 16.1. The Labute approximate surface area is 92.3 Å². The van der Waals surface area contributed by atoms with E-state index in [4.69, 9.17) is 11.6 Å². The molecule has 4 heteroatoms. The van der Waals surface area contributed by atoms with Gasteiger partial charge in [0.05, 0.1) is 0 Å². The molecule has 78 valence electrons. The van der Waals surface area contributed by atoms with Crippen LogP contribution in [0.25, 0.3) is 5.65 Å². The highest BCUT2D eigenvalue weighted by Gasteiger charge is 2.06. The molecular weight excluding hydrogens is 212 g/mol. The van der Waals surface area contributed by atoms with Crippen molar-refractivity contribution in [2.45, 2.75) is 18.7 Å². The summed E-state index contributed by atoms with van der Waals surface area (Å²) in [5.74, 6) is 0. The van der Waals surface area contributed by atoms with E-state index >= 15 is 0 Å². The van der Waals surface area contributed by atoms with Gasteiger partial charge in [0.2, 0.25) is 0 Å². The third-order valence-corrected chi connectivity index (χ3v) is 2.34. The molecular formula is C11H11ClN2O. The molecule has 0 aliphatic carbocycles. The van der Waals surface area contributed by atoms with Gasteiger partial charge in [-0.1, -0.05) is 6.07 Å². The minimum atomic E-state index is -0.0544. The van der Waals surface area contributed by atoms with Crippen molar-refractivity contribution >= 4 is 17.2 Å². The lowest BCUT2D eigenvalue weighted by atomic mass is 10.2. The number of hydrogen-bond donors (Lipinski definition) is 0. The van der Waals surface area contributed by atoms with E-state index < -0.39 is 0 Å². The fourth-order valence-electron chi connectivity index (χ4n) is 1.51. The van der Waals surface area contributed by atoms with Crippen LogP contribution in [-0.4, -0.2) is 14.8 Å². The first kappa shape index (κ1) is 10.2. The van der Waals surface area contributed by atoms with Crippen LogP contribution in [0.1, 0.15) is 12.5 Å². The molecule has 2 aromatic rings. The van der Waals surface area contributed by atoms with Gasteiger partial charge >= 0.3 is 0 Å². The number of aromatic nitrogens is 2. The highest BCUT2D eigenvalue weighted by atomic mass is 35.5. The van der Waals surface area contributed by atoms with Gasteiger partial charge in [-0.15, -0.1) is 11.6 Å². The molecule has 2 heterocycles. The number of fused-ring (bicyclic) bond motifs is 1. The van der Waals surface area contributed by atoms with Gasteiger partial charge in [0, 0.05) is 23.3 Å². The molecule has 0 saturated carbocycles. The first-order valence-electron chi connectivity index (χ1n) is 4.78. The average molecular weight is 223 g/mol. The normalized spacial score (nSPS) is 12.9. The number of pyridine rings is 1. The van der Waals surface area contributed by atoms with E-state index in [1.54, 1.807) is 18.5 Å². The van der Waals surface area contributed by atoms with Crippen LogP contribution in [0.15, 0.2) is 35.4 Å². The predicted octanol–water partition coefficient (Wildman–Crippen LogP) is 1.86. The third-order valence-electron chi connectivity index (χ3n) is 2.19. The fraction of sp³-hybridized carbons (Fsp3) is 0.273. The molecule has 0 bridgehead atoms. The predicted molar refractivity (Wildman–Crippen MR) is 60.5 cm³/mol. The average Bonchev–Trinajstić information content (AvgIpc) is 2.22.